The van der Waals surface area contributed by atoms with E-state index < -0.39 is 11.6 Å². The first kappa shape index (κ1) is 18.9. The number of esters is 1. The Morgan fingerprint density at radius 2 is 1.86 bits per heavy atom. The predicted molar refractivity (Wildman–Crippen MR) is 106 cm³/mol. The Morgan fingerprint density at radius 1 is 1.10 bits per heavy atom. The number of hydrogen-bond donors (Lipinski definition) is 0. The number of hydrogen-bond acceptors (Lipinski definition) is 7. The number of fused-ring (bicyclic) bond motifs is 2. The van der Waals surface area contributed by atoms with Crippen LogP contribution >= 0.6 is 0 Å². The van der Waals surface area contributed by atoms with Crippen molar-refractivity contribution in [3.8, 4) is 34.1 Å². The van der Waals surface area contributed by atoms with Crippen LogP contribution in [0.4, 0.5) is 0 Å². The number of benzene rings is 2. The van der Waals surface area contributed by atoms with Gasteiger partial charge < -0.3 is 23.4 Å². The lowest BCUT2D eigenvalue weighted by molar-refractivity contribution is -0.131. The zero-order valence-corrected chi connectivity index (χ0v) is 16.4. The highest BCUT2D eigenvalue weighted by Crippen LogP contribution is 2.40. The van der Waals surface area contributed by atoms with Crippen LogP contribution in [0.2, 0.25) is 0 Å². The fourth-order valence-electron chi connectivity index (χ4n) is 3.41. The minimum atomic E-state index is -0.628. The minimum Gasteiger partial charge on any atom is -0.496 e. The summed E-state index contributed by atoms with van der Waals surface area (Å²) in [4.78, 5) is 24.7. The van der Waals surface area contributed by atoms with Crippen molar-refractivity contribution in [1.29, 1.82) is 0 Å². The van der Waals surface area contributed by atoms with Gasteiger partial charge in [0, 0.05) is 13.0 Å². The summed E-state index contributed by atoms with van der Waals surface area (Å²) in [5.41, 5.74) is 1.21. The summed E-state index contributed by atoms with van der Waals surface area (Å²) in [6.07, 6.45) is 0.692. The summed E-state index contributed by atoms with van der Waals surface area (Å²) in [6, 6.07) is 8.57. The van der Waals surface area contributed by atoms with Gasteiger partial charge in [0.25, 0.3) is 0 Å². The van der Waals surface area contributed by atoms with Crippen LogP contribution in [0.25, 0.3) is 22.1 Å². The molecule has 0 atom stereocenters. The van der Waals surface area contributed by atoms with Crippen LogP contribution in [-0.2, 0) is 11.2 Å². The van der Waals surface area contributed by atoms with Crippen molar-refractivity contribution in [2.24, 2.45) is 0 Å². The van der Waals surface area contributed by atoms with Crippen LogP contribution < -0.4 is 24.6 Å². The molecule has 0 radical (unpaired) electrons. The van der Waals surface area contributed by atoms with E-state index in [1.807, 2.05) is 13.0 Å². The van der Waals surface area contributed by atoms with Gasteiger partial charge in [-0.15, -0.1) is 0 Å². The summed E-state index contributed by atoms with van der Waals surface area (Å²) in [5, 5.41) is 0.516. The van der Waals surface area contributed by atoms with Crippen LogP contribution in [0.1, 0.15) is 19.4 Å². The van der Waals surface area contributed by atoms with Gasteiger partial charge in [0.05, 0.1) is 12.5 Å². The Morgan fingerprint density at radius 3 is 2.55 bits per heavy atom. The fourth-order valence-corrected chi connectivity index (χ4v) is 3.41. The smallest absolute Gasteiger partial charge is 0.348 e. The van der Waals surface area contributed by atoms with Crippen molar-refractivity contribution in [3.05, 3.63) is 46.3 Å². The highest BCUT2D eigenvalue weighted by atomic mass is 16.6. The van der Waals surface area contributed by atoms with Crippen LogP contribution in [0.15, 0.2) is 39.5 Å². The molecule has 0 aliphatic carbocycles. The largest absolute Gasteiger partial charge is 0.496 e. The minimum absolute atomic E-state index is 0.150. The first-order chi connectivity index (χ1) is 14.0. The number of rotatable bonds is 4. The molecule has 4 rings (SSSR count). The van der Waals surface area contributed by atoms with Crippen molar-refractivity contribution < 1.29 is 28.2 Å². The Balaban J connectivity index is 2.01. The Bertz CT molecular complexity index is 1160. The molecule has 7 nitrogen and oxygen atoms in total. The van der Waals surface area contributed by atoms with E-state index in [0.29, 0.717) is 47.8 Å². The van der Waals surface area contributed by atoms with E-state index in [1.54, 1.807) is 31.4 Å². The highest BCUT2D eigenvalue weighted by Gasteiger charge is 2.23. The first-order valence-corrected chi connectivity index (χ1v) is 9.28. The van der Waals surface area contributed by atoms with Crippen LogP contribution in [0.5, 0.6) is 23.0 Å². The standard InChI is InChI=1S/C22H20O7/c1-4-13-9-15-18(11-17(13)25-3)29-22(24)20(21(15)28-12(2)23)14-5-6-16-19(10-14)27-8-7-26-16/h5-6,9-11H,4,7-8H2,1-3H3. The quantitative estimate of drug-likeness (QED) is 0.491. The normalized spacial score (nSPS) is 12.7. The number of carbonyl (C=O) groups is 1. The maximum absolute atomic E-state index is 12.9. The van der Waals surface area contributed by atoms with E-state index in [0.717, 1.165) is 5.56 Å². The monoisotopic (exact) mass is 396 g/mol. The number of carbonyl (C=O) groups excluding carboxylic acids is 1. The summed E-state index contributed by atoms with van der Waals surface area (Å²) in [7, 11) is 1.55. The van der Waals surface area contributed by atoms with Crippen LogP contribution in [0.3, 0.4) is 0 Å². The maximum Gasteiger partial charge on any atom is 0.348 e. The van der Waals surface area contributed by atoms with Crippen molar-refractivity contribution in [2.75, 3.05) is 20.3 Å². The summed E-state index contributed by atoms with van der Waals surface area (Å²) in [5.74, 6) is 1.33. The second-order valence-electron chi connectivity index (χ2n) is 6.56. The zero-order chi connectivity index (χ0) is 20.5. The number of ether oxygens (including phenoxy) is 4. The second-order valence-corrected chi connectivity index (χ2v) is 6.56. The van der Waals surface area contributed by atoms with Crippen LogP contribution in [-0.4, -0.2) is 26.3 Å². The highest BCUT2D eigenvalue weighted by molar-refractivity contribution is 5.94. The van der Waals surface area contributed by atoms with Crippen LogP contribution in [0, 0.1) is 0 Å². The lowest BCUT2D eigenvalue weighted by Gasteiger charge is -2.19. The third-order valence-corrected chi connectivity index (χ3v) is 4.72. The van der Waals surface area contributed by atoms with Gasteiger partial charge in [-0.1, -0.05) is 13.0 Å². The molecule has 0 spiro atoms. The molecule has 1 aliphatic rings. The molecule has 0 saturated heterocycles. The van der Waals surface area contributed by atoms with E-state index in [2.05, 4.69) is 0 Å². The molecule has 7 heteroatoms. The maximum atomic E-state index is 12.9. The van der Waals surface area contributed by atoms with Gasteiger partial charge >= 0.3 is 11.6 Å². The van der Waals surface area contributed by atoms with E-state index >= 15 is 0 Å². The van der Waals surface area contributed by atoms with Gasteiger partial charge in [0.2, 0.25) is 0 Å². The molecule has 1 aliphatic heterocycles. The van der Waals surface area contributed by atoms with E-state index in [9.17, 15) is 9.59 Å². The topological polar surface area (TPSA) is 84.2 Å². The summed E-state index contributed by atoms with van der Waals surface area (Å²) >= 11 is 0. The average molecular weight is 396 g/mol. The van der Waals surface area contributed by atoms with E-state index in [1.165, 1.54) is 6.92 Å². The van der Waals surface area contributed by atoms with Crippen molar-refractivity contribution in [1.82, 2.24) is 0 Å². The summed E-state index contributed by atoms with van der Waals surface area (Å²) < 4.78 is 27.6. The van der Waals surface area contributed by atoms with Gasteiger partial charge in [0.15, 0.2) is 17.2 Å². The molecular formula is C22H20O7. The third-order valence-electron chi connectivity index (χ3n) is 4.72. The molecule has 0 bridgehead atoms. The molecule has 0 N–H and O–H groups in total. The molecule has 0 saturated carbocycles. The second kappa shape index (κ2) is 7.50. The molecular weight excluding hydrogens is 376 g/mol. The number of methoxy groups -OCH3 is 1. The van der Waals surface area contributed by atoms with Gasteiger partial charge in [-0.25, -0.2) is 4.79 Å². The van der Waals surface area contributed by atoms with Crippen molar-refractivity contribution in [2.45, 2.75) is 20.3 Å². The zero-order valence-electron chi connectivity index (χ0n) is 16.4. The predicted octanol–water partition coefficient (Wildman–Crippen LogP) is 3.73. The summed E-state index contributed by atoms with van der Waals surface area (Å²) in [6.45, 7) is 4.15. The molecule has 0 amide bonds. The molecule has 1 aromatic heterocycles. The molecule has 0 unspecified atom stereocenters. The van der Waals surface area contributed by atoms with E-state index in [4.69, 9.17) is 23.4 Å². The van der Waals surface area contributed by atoms with E-state index in [-0.39, 0.29) is 16.9 Å². The van der Waals surface area contributed by atoms with Gasteiger partial charge in [-0.05, 0) is 35.7 Å². The average Bonchev–Trinajstić information content (AvgIpc) is 2.72. The van der Waals surface area contributed by atoms with Gasteiger partial charge in [-0.3, -0.25) is 4.79 Å². The molecule has 29 heavy (non-hydrogen) atoms. The molecule has 3 aromatic rings. The Kier molecular flexibility index (Phi) is 4.88. The molecule has 2 aromatic carbocycles. The Labute approximate surface area is 166 Å². The molecule has 150 valence electrons. The fraction of sp³-hybridized carbons (Fsp3) is 0.273. The van der Waals surface area contributed by atoms with Gasteiger partial charge in [-0.2, -0.15) is 0 Å². The molecule has 0 fully saturated rings. The SMILES string of the molecule is CCc1cc2c(OC(C)=O)c(-c3ccc4c(c3)OCCO4)c(=O)oc2cc1OC. The number of aryl methyl sites for hydroxylation is 1. The Hall–Kier alpha value is -3.48. The molecule has 2 heterocycles. The lowest BCUT2D eigenvalue weighted by atomic mass is 10.0. The first-order valence-electron chi connectivity index (χ1n) is 9.28. The third kappa shape index (κ3) is 3.40. The van der Waals surface area contributed by atoms with Crippen molar-refractivity contribution in [3.63, 3.8) is 0 Å². The lowest BCUT2D eigenvalue weighted by Crippen LogP contribution is -2.15. The van der Waals surface area contributed by atoms with Crippen molar-refractivity contribution >= 4 is 16.9 Å². The van der Waals surface area contributed by atoms with Gasteiger partial charge in [0.1, 0.15) is 30.1 Å².